The van der Waals surface area contributed by atoms with Gasteiger partial charge in [-0.25, -0.2) is 0 Å². The van der Waals surface area contributed by atoms with Crippen LogP contribution < -0.4 is 15.5 Å². The number of hydrogen-bond acceptors (Lipinski definition) is 4. The van der Waals surface area contributed by atoms with E-state index < -0.39 is 0 Å². The summed E-state index contributed by atoms with van der Waals surface area (Å²) in [5.74, 6) is -0.137. The summed E-state index contributed by atoms with van der Waals surface area (Å²) in [7, 11) is 0. The number of thiocarbonyl (C=S) groups is 1. The number of nitrogens with one attached hydrogen (secondary N) is 2. The Labute approximate surface area is 209 Å². The van der Waals surface area contributed by atoms with E-state index in [2.05, 4.69) is 15.5 Å². The lowest BCUT2D eigenvalue weighted by molar-refractivity contribution is -0.131. The van der Waals surface area contributed by atoms with Crippen molar-refractivity contribution in [1.29, 1.82) is 0 Å². The minimum atomic E-state index is -0.347. The van der Waals surface area contributed by atoms with Gasteiger partial charge in [0.1, 0.15) is 0 Å². The lowest BCUT2D eigenvalue weighted by Gasteiger charge is -2.36. The fourth-order valence-corrected chi connectivity index (χ4v) is 4.12. The molecule has 2 aromatic rings. The molecule has 174 valence electrons. The van der Waals surface area contributed by atoms with E-state index in [0.717, 1.165) is 30.8 Å². The molecule has 1 heterocycles. The molecule has 0 atom stereocenters. The first-order valence-corrected chi connectivity index (χ1v) is 11.9. The fourth-order valence-electron chi connectivity index (χ4n) is 3.47. The van der Waals surface area contributed by atoms with Crippen LogP contribution in [0.2, 0.25) is 10.0 Å². The minimum Gasteiger partial charge on any atom is -0.367 e. The summed E-state index contributed by atoms with van der Waals surface area (Å²) in [4.78, 5) is 28.3. The first kappa shape index (κ1) is 25.0. The molecule has 0 spiro atoms. The van der Waals surface area contributed by atoms with Crippen molar-refractivity contribution in [2.24, 2.45) is 0 Å². The number of benzene rings is 2. The van der Waals surface area contributed by atoms with E-state index in [-0.39, 0.29) is 16.9 Å². The van der Waals surface area contributed by atoms with E-state index in [0.29, 0.717) is 35.2 Å². The molecule has 0 saturated carbocycles. The first-order chi connectivity index (χ1) is 15.9. The van der Waals surface area contributed by atoms with Crippen LogP contribution in [0.4, 0.5) is 11.4 Å². The van der Waals surface area contributed by atoms with E-state index in [1.807, 2.05) is 36.1 Å². The summed E-state index contributed by atoms with van der Waals surface area (Å²) in [5, 5.41) is 6.97. The molecule has 1 aliphatic rings. The van der Waals surface area contributed by atoms with Gasteiger partial charge >= 0.3 is 0 Å². The molecule has 9 heteroatoms. The highest BCUT2D eigenvalue weighted by molar-refractivity contribution is 7.80. The van der Waals surface area contributed by atoms with Crippen LogP contribution in [0, 0.1) is 0 Å². The normalized spacial score (nSPS) is 13.8. The summed E-state index contributed by atoms with van der Waals surface area (Å²) < 4.78 is 0. The van der Waals surface area contributed by atoms with Gasteiger partial charge in [0.15, 0.2) is 5.11 Å². The molecule has 0 aromatic heterocycles. The number of carbonyl (C=O) groups is 2. The summed E-state index contributed by atoms with van der Waals surface area (Å²) in [5.41, 5.74) is 2.43. The Kier molecular flexibility index (Phi) is 9.11. The van der Waals surface area contributed by atoms with Crippen molar-refractivity contribution in [2.45, 2.75) is 19.8 Å². The predicted molar refractivity (Wildman–Crippen MR) is 140 cm³/mol. The second kappa shape index (κ2) is 12.0. The van der Waals surface area contributed by atoms with E-state index in [1.165, 1.54) is 6.08 Å². The van der Waals surface area contributed by atoms with Gasteiger partial charge in [-0.2, -0.15) is 0 Å². The van der Waals surface area contributed by atoms with Gasteiger partial charge in [0.05, 0.1) is 10.7 Å². The molecule has 6 nitrogen and oxygen atoms in total. The van der Waals surface area contributed by atoms with Crippen LogP contribution in [0.15, 0.2) is 48.5 Å². The summed E-state index contributed by atoms with van der Waals surface area (Å²) in [6.45, 7) is 4.86. The maximum absolute atomic E-state index is 12.1. The van der Waals surface area contributed by atoms with Gasteiger partial charge < -0.3 is 15.1 Å². The molecule has 1 aliphatic heterocycles. The van der Waals surface area contributed by atoms with Crippen molar-refractivity contribution < 1.29 is 9.59 Å². The monoisotopic (exact) mass is 504 g/mol. The maximum Gasteiger partial charge on any atom is 0.250 e. The van der Waals surface area contributed by atoms with Gasteiger partial charge in [-0.05, 0) is 60.6 Å². The van der Waals surface area contributed by atoms with E-state index in [9.17, 15) is 9.59 Å². The number of amides is 2. The lowest BCUT2D eigenvalue weighted by Crippen LogP contribution is -2.48. The Morgan fingerprint density at radius 1 is 1.06 bits per heavy atom. The predicted octanol–water partition coefficient (Wildman–Crippen LogP) is 4.97. The molecule has 2 N–H and O–H groups in total. The van der Waals surface area contributed by atoms with Crippen molar-refractivity contribution in [3.63, 3.8) is 0 Å². The molecule has 0 unspecified atom stereocenters. The topological polar surface area (TPSA) is 64.7 Å². The van der Waals surface area contributed by atoms with Gasteiger partial charge in [-0.1, -0.05) is 42.3 Å². The number of rotatable bonds is 6. The second-order valence-corrected chi connectivity index (χ2v) is 8.86. The Morgan fingerprint density at radius 3 is 2.39 bits per heavy atom. The molecule has 2 aromatic carbocycles. The molecule has 2 amide bonds. The van der Waals surface area contributed by atoms with Gasteiger partial charge in [0.25, 0.3) is 0 Å². The Morgan fingerprint density at radius 2 is 1.76 bits per heavy atom. The molecule has 33 heavy (non-hydrogen) atoms. The average Bonchev–Trinajstić information content (AvgIpc) is 2.79. The van der Waals surface area contributed by atoms with E-state index >= 15 is 0 Å². The smallest absolute Gasteiger partial charge is 0.250 e. The molecule has 0 bridgehead atoms. The Hall–Kier alpha value is -2.61. The maximum atomic E-state index is 12.1. The van der Waals surface area contributed by atoms with E-state index in [1.54, 1.807) is 24.3 Å². The number of nitrogens with zero attached hydrogens (tertiary/aromatic N) is 2. The Bertz CT molecular complexity index is 1040. The third-order valence-electron chi connectivity index (χ3n) is 5.18. The average molecular weight is 505 g/mol. The standard InChI is InChI=1S/C24H26Cl2N4O2S/c1-2-3-23(32)30-14-12-29(13-15-30)21-10-9-19(16-20(21)26)27-24(33)28-22(31)11-6-17-4-7-18(25)8-5-17/h4-11,16H,2-3,12-15H2,1H3,(H2,27,28,31,33)/b11-6+. The molecule has 1 saturated heterocycles. The highest BCUT2D eigenvalue weighted by Gasteiger charge is 2.22. The van der Waals surface area contributed by atoms with Gasteiger partial charge in [-0.15, -0.1) is 0 Å². The van der Waals surface area contributed by atoms with Crippen LogP contribution in [0.5, 0.6) is 0 Å². The number of anilines is 2. The van der Waals surface area contributed by atoms with Crippen molar-refractivity contribution in [2.75, 3.05) is 36.4 Å². The highest BCUT2D eigenvalue weighted by atomic mass is 35.5. The van der Waals surface area contributed by atoms with Crippen LogP contribution in [0.1, 0.15) is 25.3 Å². The molecule has 3 rings (SSSR count). The molecule has 0 radical (unpaired) electrons. The van der Waals surface area contributed by atoms with Gasteiger partial charge in [0.2, 0.25) is 11.8 Å². The largest absolute Gasteiger partial charge is 0.367 e. The molecule has 0 aliphatic carbocycles. The van der Waals surface area contributed by atoms with Crippen molar-refractivity contribution in [1.82, 2.24) is 10.2 Å². The molecular weight excluding hydrogens is 479 g/mol. The zero-order valence-electron chi connectivity index (χ0n) is 18.3. The van der Waals surface area contributed by atoms with Crippen LogP contribution >= 0.6 is 35.4 Å². The third kappa shape index (κ3) is 7.45. The van der Waals surface area contributed by atoms with Crippen LogP contribution in [0.25, 0.3) is 6.08 Å². The van der Waals surface area contributed by atoms with Crippen LogP contribution in [-0.2, 0) is 9.59 Å². The van der Waals surface area contributed by atoms with Crippen LogP contribution in [0.3, 0.4) is 0 Å². The van der Waals surface area contributed by atoms with Crippen molar-refractivity contribution in [3.05, 3.63) is 64.1 Å². The molecular formula is C24H26Cl2N4O2S. The number of hydrogen-bond donors (Lipinski definition) is 2. The molecule has 1 fully saturated rings. The quantitative estimate of drug-likeness (QED) is 0.429. The number of carbonyl (C=O) groups excluding carboxylic acids is 2. The number of piperazine rings is 1. The third-order valence-corrected chi connectivity index (χ3v) is 5.94. The van der Waals surface area contributed by atoms with Gasteiger partial charge in [-0.3, -0.25) is 14.9 Å². The SMILES string of the molecule is CCCC(=O)N1CCN(c2ccc(NC(=S)NC(=O)/C=C/c3ccc(Cl)cc3)cc2Cl)CC1. The first-order valence-electron chi connectivity index (χ1n) is 10.7. The van der Waals surface area contributed by atoms with Crippen molar-refractivity contribution >= 4 is 69.8 Å². The zero-order valence-corrected chi connectivity index (χ0v) is 20.6. The van der Waals surface area contributed by atoms with Gasteiger partial charge in [0, 0.05) is 49.4 Å². The summed E-state index contributed by atoms with van der Waals surface area (Å²) >= 11 is 17.6. The van der Waals surface area contributed by atoms with E-state index in [4.69, 9.17) is 35.4 Å². The zero-order chi connectivity index (χ0) is 23.8. The fraction of sp³-hybridized carbons (Fsp3) is 0.292. The summed E-state index contributed by atoms with van der Waals surface area (Å²) in [6, 6.07) is 12.7. The minimum absolute atomic E-state index is 0.174. The van der Waals surface area contributed by atoms with Crippen molar-refractivity contribution in [3.8, 4) is 0 Å². The second-order valence-electron chi connectivity index (χ2n) is 7.61. The Balaban J connectivity index is 1.51. The summed E-state index contributed by atoms with van der Waals surface area (Å²) in [6.07, 6.45) is 4.53. The lowest BCUT2D eigenvalue weighted by atomic mass is 10.2. The van der Waals surface area contributed by atoms with Crippen LogP contribution in [-0.4, -0.2) is 48.0 Å². The highest BCUT2D eigenvalue weighted by Crippen LogP contribution is 2.29. The number of halogens is 2.